The van der Waals surface area contributed by atoms with Crippen LogP contribution in [0, 0.1) is 6.92 Å². The van der Waals surface area contributed by atoms with E-state index in [2.05, 4.69) is 26.1 Å². The number of hydrogen-bond donors (Lipinski definition) is 2. The van der Waals surface area contributed by atoms with Gasteiger partial charge >= 0.3 is 13.8 Å². The number of esters is 1. The number of rotatable bonds is 43. The van der Waals surface area contributed by atoms with E-state index >= 15 is 0 Å². The summed E-state index contributed by atoms with van der Waals surface area (Å²) >= 11 is 0. The highest BCUT2D eigenvalue weighted by Crippen LogP contribution is 2.43. The van der Waals surface area contributed by atoms with Gasteiger partial charge in [0.25, 0.3) is 0 Å². The van der Waals surface area contributed by atoms with Crippen molar-refractivity contribution in [3.63, 3.8) is 0 Å². The van der Waals surface area contributed by atoms with Crippen LogP contribution in [0.25, 0.3) is 0 Å². The third-order valence-corrected chi connectivity index (χ3v) is 11.1. The Morgan fingerprint density at radius 2 is 0.906 bits per heavy atom. The van der Waals surface area contributed by atoms with Gasteiger partial charge in [-0.1, -0.05) is 194 Å². The smallest absolute Gasteiger partial charge is 0.463 e. The van der Waals surface area contributed by atoms with E-state index in [1.807, 2.05) is 0 Å². The molecule has 0 heterocycles. The second-order valence-electron chi connectivity index (χ2n) is 15.5. The molecule has 8 nitrogen and oxygen atoms in total. The number of carbonyl (C=O) groups is 2. The molecule has 0 aliphatic heterocycles. The number of carbonyl (C=O) groups excluding carboxylic acids is 2. The molecule has 53 heavy (non-hydrogen) atoms. The highest BCUT2D eigenvalue weighted by atomic mass is 31.2. The molecule has 0 saturated heterocycles. The van der Waals surface area contributed by atoms with Crippen LogP contribution in [-0.2, 0) is 27.9 Å². The predicted molar refractivity (Wildman–Crippen MR) is 223 cm³/mol. The van der Waals surface area contributed by atoms with Gasteiger partial charge in [-0.25, -0.2) is 4.57 Å². The molecule has 0 aliphatic carbocycles. The van der Waals surface area contributed by atoms with Gasteiger partial charge < -0.3 is 14.9 Å². The van der Waals surface area contributed by atoms with Gasteiger partial charge in [-0.2, -0.15) is 0 Å². The van der Waals surface area contributed by atoms with Crippen molar-refractivity contribution in [3.05, 3.63) is 6.92 Å². The van der Waals surface area contributed by atoms with Gasteiger partial charge in [-0.15, -0.1) is 0 Å². The molecule has 2 unspecified atom stereocenters. The average molecular weight is 773 g/mol. The van der Waals surface area contributed by atoms with Crippen LogP contribution in [0.4, 0.5) is 0 Å². The quantitative estimate of drug-likeness (QED) is 0.0275. The Kier molecular flexibility index (Phi) is 39.8. The molecule has 0 radical (unpaired) electrons. The first-order chi connectivity index (χ1) is 25.8. The van der Waals surface area contributed by atoms with Crippen molar-refractivity contribution in [1.82, 2.24) is 5.32 Å². The van der Waals surface area contributed by atoms with Crippen LogP contribution in [0.2, 0.25) is 0 Å². The molecule has 0 rings (SSSR count). The molecule has 1 amide bonds. The highest BCUT2D eigenvalue weighted by molar-refractivity contribution is 7.47. The summed E-state index contributed by atoms with van der Waals surface area (Å²) < 4.78 is 28.1. The first-order valence-corrected chi connectivity index (χ1v) is 24.2. The van der Waals surface area contributed by atoms with Gasteiger partial charge in [0.1, 0.15) is 6.61 Å². The maximum Gasteiger partial charge on any atom is 0.472 e. The molecular formula is C44H87NO7P+. The number of phosphoric acid groups is 1. The third kappa shape index (κ3) is 40.4. The Morgan fingerprint density at radius 3 is 1.30 bits per heavy atom. The van der Waals surface area contributed by atoms with Gasteiger partial charge in [-0.3, -0.25) is 18.6 Å². The second kappa shape index (κ2) is 40.6. The summed E-state index contributed by atoms with van der Waals surface area (Å²) in [5, 5.41) is 2.86. The van der Waals surface area contributed by atoms with Crippen molar-refractivity contribution in [1.29, 1.82) is 0 Å². The summed E-state index contributed by atoms with van der Waals surface area (Å²) in [6.07, 6.45) is 40.7. The van der Waals surface area contributed by atoms with E-state index in [0.29, 0.717) is 19.3 Å². The normalized spacial score (nSPS) is 13.2. The number of hydrogen-bond acceptors (Lipinski definition) is 6. The van der Waals surface area contributed by atoms with Crippen LogP contribution in [0.1, 0.15) is 239 Å². The fraction of sp³-hybridized carbons (Fsp3) is 0.932. The lowest BCUT2D eigenvalue weighted by atomic mass is 10.0. The Bertz CT molecular complexity index is 843. The van der Waals surface area contributed by atoms with Gasteiger partial charge in [0, 0.05) is 12.8 Å². The van der Waals surface area contributed by atoms with Crippen molar-refractivity contribution in [2.45, 2.75) is 245 Å². The first kappa shape index (κ1) is 51.9. The first-order valence-electron chi connectivity index (χ1n) is 22.7. The zero-order valence-corrected chi connectivity index (χ0v) is 35.9. The Balaban J connectivity index is 4.22. The maximum atomic E-state index is 12.8. The molecule has 2 atom stereocenters. The van der Waals surface area contributed by atoms with Crippen molar-refractivity contribution in [2.75, 3.05) is 19.8 Å². The van der Waals surface area contributed by atoms with Crippen molar-refractivity contribution >= 4 is 19.7 Å². The minimum Gasteiger partial charge on any atom is -0.463 e. The maximum absolute atomic E-state index is 12.8. The summed E-state index contributed by atoms with van der Waals surface area (Å²) in [6.45, 7) is 7.99. The average Bonchev–Trinajstić information content (AvgIpc) is 3.14. The van der Waals surface area contributed by atoms with Gasteiger partial charge in [-0.05, 0) is 25.7 Å². The summed E-state index contributed by atoms with van der Waals surface area (Å²) in [6, 6.07) is -0.729. The minimum absolute atomic E-state index is 0.0910. The topological polar surface area (TPSA) is 111 Å². The van der Waals surface area contributed by atoms with E-state index in [-0.39, 0.29) is 31.7 Å². The van der Waals surface area contributed by atoms with Crippen LogP contribution in [0.15, 0.2) is 0 Å². The lowest BCUT2D eigenvalue weighted by Gasteiger charge is -2.20. The zero-order chi connectivity index (χ0) is 38.9. The lowest BCUT2D eigenvalue weighted by molar-refractivity contribution is -0.145. The highest BCUT2D eigenvalue weighted by Gasteiger charge is 2.25. The number of unbranched alkanes of at least 4 members (excludes halogenated alkanes) is 30. The van der Waals surface area contributed by atoms with Crippen LogP contribution in [-0.4, -0.2) is 42.6 Å². The third-order valence-electron chi connectivity index (χ3n) is 10.1. The molecule has 2 N–H and O–H groups in total. The molecule has 314 valence electrons. The fourth-order valence-electron chi connectivity index (χ4n) is 6.67. The number of nitrogens with one attached hydrogen (secondary N) is 1. The van der Waals surface area contributed by atoms with E-state index in [9.17, 15) is 19.0 Å². The summed E-state index contributed by atoms with van der Waals surface area (Å²) in [5.41, 5.74) is 0. The van der Waals surface area contributed by atoms with Gasteiger partial charge in [0.15, 0.2) is 0 Å². The number of amides is 1. The van der Waals surface area contributed by atoms with Crippen LogP contribution in [0.5, 0.6) is 0 Å². The second-order valence-corrected chi connectivity index (χ2v) is 17.0. The molecule has 0 bridgehead atoms. The SMILES string of the molecule is [CH2+]CCCCOP(=O)(O)OCC(COC(=O)CCCCCCCCCCCCCCCCC)NC(=O)CCCCCCCCCCCCCCCCC. The Labute approximate surface area is 328 Å². The Hall–Kier alpha value is -1.08. The number of ether oxygens (including phenoxy) is 1. The van der Waals surface area contributed by atoms with Crippen LogP contribution >= 0.6 is 7.82 Å². The molecule has 0 aliphatic rings. The molecule has 0 fully saturated rings. The summed E-state index contributed by atoms with van der Waals surface area (Å²) in [5.74, 6) is -0.492. The van der Waals surface area contributed by atoms with E-state index in [1.54, 1.807) is 0 Å². The van der Waals surface area contributed by atoms with E-state index in [1.165, 1.54) is 154 Å². The van der Waals surface area contributed by atoms with Crippen molar-refractivity contribution in [2.24, 2.45) is 0 Å². The minimum atomic E-state index is -4.29. The number of phosphoric ester groups is 1. The molecular weight excluding hydrogens is 685 g/mol. The fourth-order valence-corrected chi connectivity index (χ4v) is 7.48. The largest absolute Gasteiger partial charge is 0.472 e. The zero-order valence-electron chi connectivity index (χ0n) is 35.0. The predicted octanol–water partition coefficient (Wildman–Crippen LogP) is 13.7. The molecule has 9 heteroatoms. The molecule has 0 saturated carbocycles. The van der Waals surface area contributed by atoms with Gasteiger partial charge in [0.2, 0.25) is 5.91 Å². The van der Waals surface area contributed by atoms with Crippen LogP contribution < -0.4 is 5.32 Å². The molecule has 0 aromatic heterocycles. The van der Waals surface area contributed by atoms with Crippen LogP contribution in [0.3, 0.4) is 0 Å². The summed E-state index contributed by atoms with van der Waals surface area (Å²) in [7, 11) is -4.29. The summed E-state index contributed by atoms with van der Waals surface area (Å²) in [4.78, 5) is 35.3. The molecule has 0 aromatic rings. The monoisotopic (exact) mass is 773 g/mol. The van der Waals surface area contributed by atoms with E-state index < -0.39 is 13.9 Å². The van der Waals surface area contributed by atoms with Gasteiger partial charge in [0.05, 0.1) is 32.6 Å². The van der Waals surface area contributed by atoms with E-state index in [4.69, 9.17) is 13.8 Å². The van der Waals surface area contributed by atoms with Crippen molar-refractivity contribution < 1.29 is 32.8 Å². The Morgan fingerprint density at radius 1 is 0.528 bits per heavy atom. The van der Waals surface area contributed by atoms with Crippen molar-refractivity contribution in [3.8, 4) is 0 Å². The van der Waals surface area contributed by atoms with E-state index in [0.717, 1.165) is 51.4 Å². The molecule has 0 spiro atoms. The lowest BCUT2D eigenvalue weighted by Crippen LogP contribution is -2.41. The standard InChI is InChI=1S/C44H86NO7P/c1-4-7-10-12-14-16-18-20-22-24-26-28-30-32-34-37-43(46)45-42(41-52-53(48,49)51-39-36-9-6-3)40-50-44(47)38-35-33-31-29-27-25-23-21-19-17-15-13-11-8-5-2/h42H,3-41H2,1-2H3,(H-,45,46,48,49)/p+1. The molecule has 0 aromatic carbocycles.